The lowest BCUT2D eigenvalue weighted by Crippen LogP contribution is -2.60. The van der Waals surface area contributed by atoms with Gasteiger partial charge in [-0.3, -0.25) is 14.8 Å². The van der Waals surface area contributed by atoms with E-state index in [1.807, 2.05) is 0 Å². The van der Waals surface area contributed by atoms with Crippen LogP contribution in [-0.4, -0.2) is 74.3 Å². The molecule has 198 valence electrons. The number of hydrogen-bond acceptors (Lipinski definition) is 8. The van der Waals surface area contributed by atoms with Crippen LogP contribution in [0, 0.1) is 23.2 Å². The topological polar surface area (TPSA) is 131 Å². The van der Waals surface area contributed by atoms with Crippen molar-refractivity contribution in [3.05, 3.63) is 24.3 Å². The number of carbonyl (C=O) groups is 2. The predicted octanol–water partition coefficient (Wildman–Crippen LogP) is 1.76. The number of likely N-dealkylation sites (tertiary alicyclic amines) is 1. The second-order valence-electron chi connectivity index (χ2n) is 9.89. The molecule has 1 aromatic carbocycles. The van der Waals surface area contributed by atoms with Gasteiger partial charge in [-0.1, -0.05) is 5.92 Å². The first-order chi connectivity index (χ1) is 16.9. The van der Waals surface area contributed by atoms with E-state index in [4.69, 9.17) is 14.2 Å². The molecule has 2 unspecified atom stereocenters. The molecule has 2 fully saturated rings. The number of rotatable bonds is 7. The summed E-state index contributed by atoms with van der Waals surface area (Å²) in [6.07, 6.45) is 0.484. The molecule has 0 aliphatic carbocycles. The molecule has 0 saturated carbocycles. The number of ether oxygens (including phenoxy) is 3. The summed E-state index contributed by atoms with van der Waals surface area (Å²) in [4.78, 5) is 27.5. The molecule has 2 saturated heterocycles. The van der Waals surface area contributed by atoms with Crippen LogP contribution in [-0.2, 0) is 28.9 Å². The summed E-state index contributed by atoms with van der Waals surface area (Å²) in [5, 5.41) is 9.30. The van der Waals surface area contributed by atoms with Gasteiger partial charge in [-0.2, -0.15) is 0 Å². The third-order valence-corrected chi connectivity index (χ3v) is 8.40. The van der Waals surface area contributed by atoms with Gasteiger partial charge in [0.05, 0.1) is 29.3 Å². The van der Waals surface area contributed by atoms with E-state index >= 15 is 0 Å². The lowest BCUT2D eigenvalue weighted by Gasteiger charge is -2.45. The van der Waals surface area contributed by atoms with E-state index in [1.54, 1.807) is 45.3 Å². The van der Waals surface area contributed by atoms with Gasteiger partial charge in [0, 0.05) is 6.54 Å². The number of amides is 2. The van der Waals surface area contributed by atoms with Gasteiger partial charge in [0.1, 0.15) is 18.4 Å². The molecule has 1 aromatic rings. The molecule has 0 bridgehead atoms. The highest BCUT2D eigenvalue weighted by molar-refractivity contribution is 7.91. The van der Waals surface area contributed by atoms with Crippen LogP contribution in [0.25, 0.3) is 0 Å². The molecule has 0 radical (unpaired) electrons. The Hall–Kier alpha value is -2.65. The van der Waals surface area contributed by atoms with Gasteiger partial charge >= 0.3 is 0 Å². The molecule has 2 aliphatic rings. The van der Waals surface area contributed by atoms with Crippen LogP contribution in [0.4, 0.5) is 0 Å². The van der Waals surface area contributed by atoms with E-state index < -0.39 is 33.0 Å². The molecule has 2 N–H and O–H groups in total. The van der Waals surface area contributed by atoms with E-state index in [0.717, 1.165) is 0 Å². The first-order valence-electron chi connectivity index (χ1n) is 11.8. The van der Waals surface area contributed by atoms with Crippen molar-refractivity contribution in [1.82, 2.24) is 10.4 Å². The standard InChI is InChI=1S/C25H34N2O8S/c1-5-6-13-33-19-7-9-20(10-8-19)36(31,32)15-18-11-12-27(21(14-18)22(28)26-30)23(29)25(4)16-34-24(2,3)35-17-25/h7-10,18,21,30H,11-17H2,1-4H3,(H,26,28). The fraction of sp³-hybridized carbons (Fsp3) is 0.600. The van der Waals surface area contributed by atoms with Crippen LogP contribution in [0.2, 0.25) is 0 Å². The summed E-state index contributed by atoms with van der Waals surface area (Å²) in [6, 6.07) is 5.09. The van der Waals surface area contributed by atoms with Crippen LogP contribution < -0.4 is 10.2 Å². The van der Waals surface area contributed by atoms with Crippen molar-refractivity contribution in [2.45, 2.75) is 57.3 Å². The summed E-state index contributed by atoms with van der Waals surface area (Å²) in [6.45, 7) is 7.53. The quantitative estimate of drug-likeness (QED) is 0.315. The lowest BCUT2D eigenvalue weighted by atomic mass is 9.85. The van der Waals surface area contributed by atoms with Gasteiger partial charge < -0.3 is 19.1 Å². The van der Waals surface area contributed by atoms with Crippen molar-refractivity contribution in [1.29, 1.82) is 0 Å². The van der Waals surface area contributed by atoms with Crippen LogP contribution in [0.15, 0.2) is 29.2 Å². The molecule has 2 amide bonds. The zero-order valence-corrected chi connectivity index (χ0v) is 21.9. The fourth-order valence-electron chi connectivity index (χ4n) is 4.32. The Bertz CT molecular complexity index is 1110. The number of benzene rings is 1. The minimum absolute atomic E-state index is 0.0948. The Kier molecular flexibility index (Phi) is 8.67. The predicted molar refractivity (Wildman–Crippen MR) is 130 cm³/mol. The zero-order valence-electron chi connectivity index (χ0n) is 21.1. The third-order valence-electron chi connectivity index (χ3n) is 6.50. The molecule has 3 rings (SSSR count). The third kappa shape index (κ3) is 6.56. The SMILES string of the molecule is CC#CCOc1ccc(S(=O)(=O)CC2CCN(C(=O)C3(C)COC(C)(C)OC3)C(C(=O)NO)C2)cc1. The smallest absolute Gasteiger partial charge is 0.266 e. The monoisotopic (exact) mass is 522 g/mol. The minimum atomic E-state index is -3.66. The number of piperidine rings is 1. The number of carbonyl (C=O) groups excluding carboxylic acids is 2. The first-order valence-corrected chi connectivity index (χ1v) is 13.4. The maximum Gasteiger partial charge on any atom is 0.266 e. The maximum absolute atomic E-state index is 13.4. The van der Waals surface area contributed by atoms with Crippen molar-refractivity contribution in [2.24, 2.45) is 11.3 Å². The number of nitrogens with one attached hydrogen (secondary N) is 1. The Morgan fingerprint density at radius 1 is 1.19 bits per heavy atom. The van der Waals surface area contributed by atoms with Crippen molar-refractivity contribution in [2.75, 3.05) is 32.1 Å². The van der Waals surface area contributed by atoms with E-state index in [2.05, 4.69) is 11.8 Å². The Morgan fingerprint density at radius 3 is 2.42 bits per heavy atom. The van der Waals surface area contributed by atoms with Gasteiger partial charge in [0.2, 0.25) is 5.91 Å². The number of nitrogens with zero attached hydrogens (tertiary/aromatic N) is 1. The molecule has 10 nitrogen and oxygen atoms in total. The molecule has 36 heavy (non-hydrogen) atoms. The minimum Gasteiger partial charge on any atom is -0.481 e. The molecule has 0 spiro atoms. The van der Waals surface area contributed by atoms with Crippen LogP contribution in [0.5, 0.6) is 5.75 Å². The van der Waals surface area contributed by atoms with Gasteiger partial charge in [-0.05, 0) is 70.7 Å². The number of sulfone groups is 1. The van der Waals surface area contributed by atoms with Crippen LogP contribution >= 0.6 is 0 Å². The summed E-state index contributed by atoms with van der Waals surface area (Å²) in [7, 11) is -3.66. The number of hydrogen-bond donors (Lipinski definition) is 2. The van der Waals surface area contributed by atoms with Crippen molar-refractivity contribution in [3.63, 3.8) is 0 Å². The van der Waals surface area contributed by atoms with Crippen molar-refractivity contribution >= 4 is 21.7 Å². The number of hydroxylamine groups is 1. The molecular weight excluding hydrogens is 488 g/mol. The van der Waals surface area contributed by atoms with E-state index in [-0.39, 0.29) is 55.3 Å². The summed E-state index contributed by atoms with van der Waals surface area (Å²) < 4.78 is 42.9. The molecule has 2 heterocycles. The second-order valence-corrected chi connectivity index (χ2v) is 11.9. The molecule has 11 heteroatoms. The highest BCUT2D eigenvalue weighted by Gasteiger charge is 2.48. The molecular formula is C25H34N2O8S. The van der Waals surface area contributed by atoms with Gasteiger partial charge in [-0.15, -0.1) is 5.92 Å². The zero-order chi connectivity index (χ0) is 26.6. The van der Waals surface area contributed by atoms with Crippen molar-refractivity contribution < 1.29 is 37.4 Å². The second kappa shape index (κ2) is 11.2. The summed E-state index contributed by atoms with van der Waals surface area (Å²) >= 11 is 0. The lowest BCUT2D eigenvalue weighted by molar-refractivity contribution is -0.279. The van der Waals surface area contributed by atoms with E-state index in [0.29, 0.717) is 12.2 Å². The van der Waals surface area contributed by atoms with E-state index in [9.17, 15) is 23.2 Å². The fourth-order valence-corrected chi connectivity index (χ4v) is 5.98. The average molecular weight is 523 g/mol. The average Bonchev–Trinajstić information content (AvgIpc) is 2.85. The largest absolute Gasteiger partial charge is 0.481 e. The normalized spacial score (nSPS) is 23.2. The molecule has 2 atom stereocenters. The Labute approximate surface area is 212 Å². The van der Waals surface area contributed by atoms with Gasteiger partial charge in [-0.25, -0.2) is 13.9 Å². The Morgan fingerprint density at radius 2 is 1.83 bits per heavy atom. The van der Waals surface area contributed by atoms with Crippen LogP contribution in [0.3, 0.4) is 0 Å². The highest BCUT2D eigenvalue weighted by Crippen LogP contribution is 2.35. The summed E-state index contributed by atoms with van der Waals surface area (Å²) in [5.41, 5.74) is 0.617. The maximum atomic E-state index is 13.4. The highest BCUT2D eigenvalue weighted by atomic mass is 32.2. The molecule has 2 aliphatic heterocycles. The van der Waals surface area contributed by atoms with Crippen molar-refractivity contribution in [3.8, 4) is 17.6 Å². The van der Waals surface area contributed by atoms with Crippen LogP contribution in [0.1, 0.15) is 40.5 Å². The Balaban J connectivity index is 1.69. The van der Waals surface area contributed by atoms with Gasteiger partial charge in [0.25, 0.3) is 5.91 Å². The first kappa shape index (κ1) is 27.9. The summed E-state index contributed by atoms with van der Waals surface area (Å²) in [5.74, 6) is 3.51. The molecule has 0 aromatic heterocycles. The van der Waals surface area contributed by atoms with E-state index in [1.165, 1.54) is 17.0 Å². The van der Waals surface area contributed by atoms with Gasteiger partial charge in [0.15, 0.2) is 15.6 Å².